The Labute approximate surface area is 356 Å². The Kier molecular flexibility index (Phi) is 22.5. The molecule has 6 rings (SSSR count). The third kappa shape index (κ3) is 19.0. The molecule has 2 aromatic carbocycles. The predicted octanol–water partition coefficient (Wildman–Crippen LogP) is 3.80. The zero-order valence-electron chi connectivity index (χ0n) is 30.5. The molecular weight excluding hydrogens is 1020 g/mol. The van der Waals surface area contributed by atoms with Crippen molar-refractivity contribution in [2.75, 3.05) is 0 Å². The minimum absolute atomic E-state index is 0. The minimum atomic E-state index is -6.09. The van der Waals surface area contributed by atoms with Gasteiger partial charge < -0.3 is 50.2 Å². The normalized spacial score (nSPS) is 13.8. The van der Waals surface area contributed by atoms with E-state index >= 15 is 0 Å². The topological polar surface area (TPSA) is 251 Å². The monoisotopic (exact) mass is 1040 g/mol. The van der Waals surface area contributed by atoms with E-state index in [0.717, 1.165) is 80.3 Å². The predicted molar refractivity (Wildman–Crippen MR) is 189 cm³/mol. The summed E-state index contributed by atoms with van der Waals surface area (Å²) in [6.45, 7) is 9.98. The van der Waals surface area contributed by atoms with Gasteiger partial charge in [0.1, 0.15) is 0 Å². The van der Waals surface area contributed by atoms with Crippen LogP contribution >= 0.6 is 0 Å². The Balaban J connectivity index is 0. The van der Waals surface area contributed by atoms with Gasteiger partial charge in [-0.2, -0.15) is 49.1 Å². The first-order valence-electron chi connectivity index (χ1n) is 15.1. The zero-order valence-corrected chi connectivity index (χ0v) is 35.3. The Morgan fingerprint density at radius 3 is 0.724 bits per heavy atom. The van der Waals surface area contributed by atoms with Crippen molar-refractivity contribution in [3.63, 3.8) is 0 Å². The average molecular weight is 1050 g/mol. The number of allylic oxidation sites excluding steroid dienone is 8. The number of hydrogen-bond acceptors (Lipinski definition) is 10. The number of carboxylic acids is 2. The summed E-state index contributed by atoms with van der Waals surface area (Å²) in [7, 11) is -12.2. The second-order valence-corrected chi connectivity index (χ2v) is 13.8. The maximum Gasteiger partial charge on any atom is 2.00 e. The van der Waals surface area contributed by atoms with E-state index in [1.807, 2.05) is 52.0 Å². The van der Waals surface area contributed by atoms with E-state index in [0.29, 0.717) is 0 Å². The van der Waals surface area contributed by atoms with E-state index in [9.17, 15) is 26.3 Å². The van der Waals surface area contributed by atoms with Crippen LogP contribution in [0.1, 0.15) is 41.5 Å². The van der Waals surface area contributed by atoms with Crippen LogP contribution in [0.4, 0.5) is 49.1 Å². The molecule has 0 spiro atoms. The number of benzene rings is 2. The molecule has 0 amide bonds. The van der Waals surface area contributed by atoms with Gasteiger partial charge >= 0.3 is 51.9 Å². The summed E-state index contributed by atoms with van der Waals surface area (Å²) >= 11 is 0. The Hall–Kier alpha value is -4.26. The molecule has 0 unspecified atom stereocenters. The van der Waals surface area contributed by atoms with E-state index in [2.05, 4.69) is 69.8 Å². The van der Waals surface area contributed by atoms with E-state index in [1.54, 1.807) is 0 Å². The molecule has 2 aromatic rings. The van der Waals surface area contributed by atoms with Gasteiger partial charge in [-0.3, -0.25) is 0 Å². The van der Waals surface area contributed by atoms with Crippen LogP contribution in [-0.2, 0) is 70.7 Å². The van der Waals surface area contributed by atoms with Crippen molar-refractivity contribution in [1.82, 2.24) is 0 Å². The second kappa shape index (κ2) is 23.4. The fraction of sp³-hybridized carbons (Fsp3) is 0.235. The molecular formula is C34H30F6N4O10Pd2S2-4. The number of aliphatic carboxylic acids is 2. The van der Waals surface area contributed by atoms with Crippen molar-refractivity contribution in [3.8, 4) is 0 Å². The van der Waals surface area contributed by atoms with Crippen LogP contribution in [0.15, 0.2) is 71.4 Å². The molecule has 0 saturated carbocycles. The summed E-state index contributed by atoms with van der Waals surface area (Å²) in [5.41, 5.74) is -3.16. The maximum absolute atomic E-state index is 10.7. The van der Waals surface area contributed by atoms with Gasteiger partial charge in [0.2, 0.25) is 0 Å². The minimum Gasteiger partial charge on any atom is -0.741 e. The molecule has 4 aliphatic heterocycles. The number of nitrogens with zero attached hydrogens (tertiary/aromatic N) is 4. The third-order valence-electron chi connectivity index (χ3n) is 6.16. The summed E-state index contributed by atoms with van der Waals surface area (Å²) in [5.74, 6) is -2.17. The Bertz CT molecular complexity index is 2140. The molecule has 0 fully saturated rings. The van der Waals surface area contributed by atoms with Gasteiger partial charge in [-0.25, -0.2) is 16.8 Å². The molecule has 58 heavy (non-hydrogen) atoms. The van der Waals surface area contributed by atoms with Crippen molar-refractivity contribution in [2.45, 2.75) is 52.6 Å². The molecule has 0 bridgehead atoms. The molecule has 14 nitrogen and oxygen atoms in total. The van der Waals surface area contributed by atoms with Crippen molar-refractivity contribution >= 4 is 79.2 Å². The van der Waals surface area contributed by atoms with Crippen LogP contribution in [0, 0.1) is 0 Å². The third-order valence-corrected chi connectivity index (χ3v) is 7.30. The molecule has 0 saturated heterocycles. The van der Waals surface area contributed by atoms with Crippen LogP contribution < -0.4 is 31.1 Å². The molecule has 4 heterocycles. The van der Waals surface area contributed by atoms with Crippen LogP contribution in [0.3, 0.4) is 0 Å². The van der Waals surface area contributed by atoms with Crippen LogP contribution in [0.5, 0.6) is 0 Å². The van der Waals surface area contributed by atoms with Gasteiger partial charge in [-0.15, -0.1) is 22.7 Å². The zero-order chi connectivity index (χ0) is 43.4. The number of fused-ring (bicyclic) bond motifs is 6. The SMILES string of the molecule is CC(=O)[O-].CC(=O)[O-].CC1=CC=c2ccc3c(c2[N-]1)[N-]C(C)=CC=3.CC1=CC=c2ccc3c(c2[N-]1)[N-]C(C)=CC=3.O=S(=O)([O-])C(F)(F)F.O=S(=O)([O-])C(F)(F)F.[Pd+2].[Pd+2]. The van der Waals surface area contributed by atoms with Crippen molar-refractivity contribution in [3.05, 3.63) is 113 Å². The molecule has 24 heteroatoms. The summed E-state index contributed by atoms with van der Waals surface area (Å²) in [6.07, 6.45) is 16.5. The van der Waals surface area contributed by atoms with E-state index in [4.69, 9.17) is 45.7 Å². The largest absolute Gasteiger partial charge is 2.00 e. The van der Waals surface area contributed by atoms with E-state index in [1.165, 1.54) is 0 Å². The fourth-order valence-corrected chi connectivity index (χ4v) is 3.93. The number of carbonyl (C=O) groups is 2. The first-order valence-corrected chi connectivity index (χ1v) is 17.9. The Morgan fingerprint density at radius 2 is 0.603 bits per heavy atom. The Morgan fingerprint density at radius 1 is 0.466 bits per heavy atom. The number of carbonyl (C=O) groups excluding carboxylic acids is 2. The van der Waals surface area contributed by atoms with Gasteiger partial charge in [-0.05, 0) is 34.7 Å². The first-order chi connectivity index (χ1) is 25.4. The van der Waals surface area contributed by atoms with Gasteiger partial charge in [0.15, 0.2) is 20.2 Å². The van der Waals surface area contributed by atoms with E-state index in [-0.39, 0.29) is 40.8 Å². The van der Waals surface area contributed by atoms with Crippen LogP contribution in [0.2, 0.25) is 0 Å². The van der Waals surface area contributed by atoms with Gasteiger partial charge in [0, 0.05) is 11.9 Å². The second-order valence-electron chi connectivity index (χ2n) is 11.0. The molecule has 0 N–H and O–H groups in total. The van der Waals surface area contributed by atoms with Crippen LogP contribution in [-0.4, -0.2) is 48.9 Å². The summed E-state index contributed by atoms with van der Waals surface area (Å²) in [4.78, 5) is 17.8. The number of hydrogen-bond donors (Lipinski definition) is 0. The average Bonchev–Trinajstić information content (AvgIpc) is 3.03. The fourth-order valence-electron chi connectivity index (χ4n) is 3.93. The van der Waals surface area contributed by atoms with Crippen molar-refractivity contribution in [1.29, 1.82) is 0 Å². The molecule has 0 atom stereocenters. The van der Waals surface area contributed by atoms with Gasteiger partial charge in [0.25, 0.3) is 0 Å². The molecule has 324 valence electrons. The summed E-state index contributed by atoms with van der Waals surface area (Å²) in [5, 5.41) is 40.7. The summed E-state index contributed by atoms with van der Waals surface area (Å²) in [6, 6.07) is 8.39. The van der Waals surface area contributed by atoms with Crippen molar-refractivity contribution < 1.29 is 113 Å². The van der Waals surface area contributed by atoms with Gasteiger partial charge in [-0.1, -0.05) is 101 Å². The molecule has 4 aliphatic rings. The van der Waals surface area contributed by atoms with Crippen LogP contribution in [0.25, 0.3) is 45.6 Å². The quantitative estimate of drug-likeness (QED) is 0.160. The standard InChI is InChI=1S/2C14H12N2.2C2H4O2.2CHF3O3S.2Pd/c2*1-9-3-5-11-7-8-12-6-4-10(2)16-14(12)13(11)15-9;2*1-2(3)4;2*2-1(3,4)8(5,6)7;;/h2*3-8H,1-2H3;2*1H3,(H,3,4);2*(H,5,6,7);;/q2*-2;;;;;2*+2/p-4. The molecule has 0 radical (unpaired) electrons. The number of carboxylic acid groups (broad SMARTS) is 2. The van der Waals surface area contributed by atoms with Gasteiger partial charge in [0.05, 0.1) is 0 Å². The first kappa shape index (κ1) is 55.8. The molecule has 0 aromatic heterocycles. The smallest absolute Gasteiger partial charge is 0.741 e. The molecule has 0 aliphatic carbocycles. The van der Waals surface area contributed by atoms with E-state index < -0.39 is 43.2 Å². The van der Waals surface area contributed by atoms with Crippen molar-refractivity contribution in [2.24, 2.45) is 0 Å². The maximum atomic E-state index is 10.7. The summed E-state index contributed by atoms with van der Waals surface area (Å²) < 4.78 is 118. The number of alkyl halides is 6. The number of rotatable bonds is 0. The number of halogens is 6.